The summed E-state index contributed by atoms with van der Waals surface area (Å²) >= 11 is 5.33. The van der Waals surface area contributed by atoms with Gasteiger partial charge in [-0.05, 0) is 45.0 Å². The lowest BCUT2D eigenvalue weighted by Gasteiger charge is -2.38. The highest BCUT2D eigenvalue weighted by atomic mass is 127. The normalized spacial score (nSPS) is 16.6. The zero-order valence-corrected chi connectivity index (χ0v) is 20.1. The van der Waals surface area contributed by atoms with Crippen LogP contribution in [0.1, 0.15) is 27.7 Å². The van der Waals surface area contributed by atoms with Crippen LogP contribution >= 0.6 is 51.7 Å². The van der Waals surface area contributed by atoms with E-state index >= 15 is 0 Å². The molecule has 4 nitrogen and oxygen atoms in total. The van der Waals surface area contributed by atoms with Crippen molar-refractivity contribution < 1.29 is 4.74 Å². The third-order valence-corrected chi connectivity index (χ3v) is 5.47. The van der Waals surface area contributed by atoms with E-state index in [0.29, 0.717) is 0 Å². The average Bonchev–Trinajstić information content (AvgIpc) is 2.50. The van der Waals surface area contributed by atoms with Gasteiger partial charge < -0.3 is 15.4 Å². The van der Waals surface area contributed by atoms with Crippen LogP contribution in [-0.2, 0) is 4.74 Å². The minimum absolute atomic E-state index is 0. The van der Waals surface area contributed by atoms with Gasteiger partial charge in [0.2, 0.25) is 0 Å². The molecule has 0 amide bonds. The molecule has 7 heteroatoms. The fraction of sp³-hybridized carbons (Fsp3) is 0.611. The first kappa shape index (κ1) is 23.0. The number of rotatable bonds is 7. The van der Waals surface area contributed by atoms with E-state index in [4.69, 9.17) is 9.73 Å². The van der Waals surface area contributed by atoms with Crippen molar-refractivity contribution in [3.8, 4) is 0 Å². The van der Waals surface area contributed by atoms with Crippen molar-refractivity contribution in [2.24, 2.45) is 10.4 Å². The van der Waals surface area contributed by atoms with Gasteiger partial charge in [0.05, 0.1) is 19.8 Å². The number of nitrogens with zero attached hydrogens (tertiary/aromatic N) is 1. The van der Waals surface area contributed by atoms with E-state index in [1.54, 1.807) is 0 Å². The predicted octanol–water partition coefficient (Wildman–Crippen LogP) is 4.53. The summed E-state index contributed by atoms with van der Waals surface area (Å²) in [5, 5.41) is 6.78. The molecule has 0 bridgehead atoms. The molecule has 1 fully saturated rings. The zero-order chi connectivity index (χ0) is 17.6. The molecule has 0 unspecified atom stereocenters. The number of benzene rings is 1. The maximum absolute atomic E-state index is 5.31. The molecule has 1 aliphatic heterocycles. The fourth-order valence-corrected chi connectivity index (χ4v) is 3.62. The van der Waals surface area contributed by atoms with Crippen molar-refractivity contribution >= 4 is 57.6 Å². The molecule has 0 spiro atoms. The van der Waals surface area contributed by atoms with Crippen molar-refractivity contribution in [2.45, 2.75) is 37.3 Å². The Labute approximate surface area is 181 Å². The molecule has 1 aromatic carbocycles. The molecule has 0 saturated carbocycles. The Morgan fingerprint density at radius 2 is 1.92 bits per heavy atom. The molecule has 0 radical (unpaired) electrons. The topological polar surface area (TPSA) is 45.7 Å². The highest BCUT2D eigenvalue weighted by Gasteiger charge is 2.33. The number of thioether (sulfide) groups is 1. The second-order valence-electron chi connectivity index (χ2n) is 7.17. The Morgan fingerprint density at radius 1 is 1.28 bits per heavy atom. The minimum atomic E-state index is 0. The molecule has 1 saturated heterocycles. The van der Waals surface area contributed by atoms with Gasteiger partial charge in [0.1, 0.15) is 0 Å². The van der Waals surface area contributed by atoms with Crippen molar-refractivity contribution in [1.29, 1.82) is 0 Å². The monoisotopic (exact) mass is 541 g/mol. The third kappa shape index (κ3) is 8.05. The van der Waals surface area contributed by atoms with Crippen LogP contribution in [0, 0.1) is 5.41 Å². The van der Waals surface area contributed by atoms with Crippen LogP contribution in [0.5, 0.6) is 0 Å². The molecule has 1 heterocycles. The second kappa shape index (κ2) is 10.4. The van der Waals surface area contributed by atoms with Crippen LogP contribution in [0.25, 0.3) is 0 Å². The van der Waals surface area contributed by atoms with Crippen LogP contribution in [-0.4, -0.2) is 43.6 Å². The highest BCUT2D eigenvalue weighted by Crippen LogP contribution is 2.33. The Hall–Kier alpha value is 0.01000. The molecule has 25 heavy (non-hydrogen) atoms. The molecular weight excluding hydrogens is 513 g/mol. The van der Waals surface area contributed by atoms with Gasteiger partial charge in [0.15, 0.2) is 5.96 Å². The van der Waals surface area contributed by atoms with Crippen molar-refractivity contribution in [2.75, 3.05) is 32.8 Å². The molecule has 0 atom stereocenters. The van der Waals surface area contributed by atoms with E-state index in [1.165, 1.54) is 4.90 Å². The Bertz CT molecular complexity index is 562. The number of halogens is 2. The number of hydrogen-bond acceptors (Lipinski definition) is 3. The molecule has 2 N–H and O–H groups in total. The molecule has 142 valence electrons. The maximum Gasteiger partial charge on any atom is 0.191 e. The molecule has 2 rings (SSSR count). The van der Waals surface area contributed by atoms with Crippen LogP contribution in [0.2, 0.25) is 0 Å². The smallest absolute Gasteiger partial charge is 0.191 e. The Morgan fingerprint density at radius 3 is 2.44 bits per heavy atom. The van der Waals surface area contributed by atoms with E-state index in [1.807, 2.05) is 11.8 Å². The van der Waals surface area contributed by atoms with E-state index in [0.717, 1.165) is 43.3 Å². The van der Waals surface area contributed by atoms with E-state index in [9.17, 15) is 0 Å². The summed E-state index contributed by atoms with van der Waals surface area (Å²) in [5.74, 6) is 0.884. The van der Waals surface area contributed by atoms with Crippen LogP contribution in [0.4, 0.5) is 0 Å². The lowest BCUT2D eigenvalue weighted by atomic mass is 9.89. The van der Waals surface area contributed by atoms with Crippen molar-refractivity contribution in [3.63, 3.8) is 0 Å². The number of ether oxygens (including phenoxy) is 1. The first-order valence-corrected chi connectivity index (χ1v) is 9.97. The molecule has 1 aliphatic rings. The lowest BCUT2D eigenvalue weighted by Crippen LogP contribution is -2.51. The summed E-state index contributed by atoms with van der Waals surface area (Å²) < 4.78 is 6.45. The van der Waals surface area contributed by atoms with Gasteiger partial charge in [0.25, 0.3) is 0 Å². The molecule has 0 aliphatic carbocycles. The lowest BCUT2D eigenvalue weighted by molar-refractivity contribution is -0.0971. The number of hydrogen-bond donors (Lipinski definition) is 2. The van der Waals surface area contributed by atoms with Gasteiger partial charge in [0, 0.05) is 32.6 Å². The van der Waals surface area contributed by atoms with E-state index in [-0.39, 0.29) is 34.1 Å². The SMILES string of the molecule is CCNC(=NCC(C)(C)Sc1ccc(Br)cc1)NCC1(C)COC1.I. The predicted molar refractivity (Wildman–Crippen MR) is 122 cm³/mol. The van der Waals surface area contributed by atoms with Gasteiger partial charge in [-0.3, -0.25) is 4.99 Å². The van der Waals surface area contributed by atoms with E-state index < -0.39 is 0 Å². The summed E-state index contributed by atoms with van der Waals surface area (Å²) in [5.41, 5.74) is 0.234. The average molecular weight is 542 g/mol. The van der Waals surface area contributed by atoms with Gasteiger partial charge in [-0.2, -0.15) is 0 Å². The van der Waals surface area contributed by atoms with Gasteiger partial charge in [-0.15, -0.1) is 35.7 Å². The number of nitrogens with one attached hydrogen (secondary N) is 2. The maximum atomic E-state index is 5.31. The van der Waals surface area contributed by atoms with Gasteiger partial charge in [-0.25, -0.2) is 0 Å². The van der Waals surface area contributed by atoms with Crippen LogP contribution in [0.15, 0.2) is 38.6 Å². The second-order valence-corrected chi connectivity index (χ2v) is 9.86. The Balaban J connectivity index is 0.00000312. The summed E-state index contributed by atoms with van der Waals surface area (Å²) in [6, 6.07) is 8.44. The quantitative estimate of drug-likeness (QED) is 0.230. The number of aliphatic imine (C=N–C) groups is 1. The third-order valence-electron chi connectivity index (χ3n) is 3.75. The summed E-state index contributed by atoms with van der Waals surface area (Å²) in [7, 11) is 0. The first-order valence-electron chi connectivity index (χ1n) is 8.36. The molecule has 0 aromatic heterocycles. The molecule has 1 aromatic rings. The van der Waals surface area contributed by atoms with Crippen LogP contribution < -0.4 is 10.6 Å². The van der Waals surface area contributed by atoms with Crippen molar-refractivity contribution in [3.05, 3.63) is 28.7 Å². The highest BCUT2D eigenvalue weighted by molar-refractivity contribution is 14.0. The van der Waals surface area contributed by atoms with Crippen LogP contribution in [0.3, 0.4) is 0 Å². The number of guanidine groups is 1. The van der Waals surface area contributed by atoms with Gasteiger partial charge >= 0.3 is 0 Å². The minimum Gasteiger partial charge on any atom is -0.380 e. The zero-order valence-electron chi connectivity index (χ0n) is 15.4. The van der Waals surface area contributed by atoms with E-state index in [2.05, 4.69) is 78.5 Å². The largest absolute Gasteiger partial charge is 0.380 e. The van der Waals surface area contributed by atoms with Gasteiger partial charge in [-0.1, -0.05) is 22.9 Å². The Kier molecular flexibility index (Phi) is 9.56. The summed E-state index contributed by atoms with van der Waals surface area (Å²) in [4.78, 5) is 6.04. The van der Waals surface area contributed by atoms with Crippen molar-refractivity contribution in [1.82, 2.24) is 10.6 Å². The fourth-order valence-electron chi connectivity index (χ4n) is 2.31. The first-order chi connectivity index (χ1) is 11.3. The standard InChI is InChI=1S/C18H28BrN3OS.HI/c1-5-20-16(22-11-18(4)12-23-13-18)21-10-17(2,3)24-15-8-6-14(19)7-9-15;/h6-9H,5,10-13H2,1-4H3,(H2,20,21,22);1H. The summed E-state index contributed by atoms with van der Waals surface area (Å²) in [6.45, 7) is 12.9. The molecular formula is C18H29BrIN3OS. The summed E-state index contributed by atoms with van der Waals surface area (Å²) in [6.07, 6.45) is 0.